The summed E-state index contributed by atoms with van der Waals surface area (Å²) < 4.78 is 5.66. The van der Waals surface area contributed by atoms with Gasteiger partial charge in [0.1, 0.15) is 11.6 Å². The van der Waals surface area contributed by atoms with Gasteiger partial charge >= 0.3 is 0 Å². The third-order valence-electron chi connectivity index (χ3n) is 3.23. The Morgan fingerprint density at radius 2 is 2.10 bits per heavy atom. The average molecular weight is 279 g/mol. The molecular weight excluding hydrogens is 254 g/mol. The van der Waals surface area contributed by atoms with E-state index in [0.717, 1.165) is 31.8 Å². The highest BCUT2D eigenvalue weighted by atomic mass is 16.5. The average Bonchev–Trinajstić information content (AvgIpc) is 2.50. The Morgan fingerprint density at radius 1 is 1.40 bits per heavy atom. The molecule has 1 aromatic carbocycles. The quantitative estimate of drug-likeness (QED) is 0.239. The zero-order chi connectivity index (χ0) is 14.8. The van der Waals surface area contributed by atoms with Gasteiger partial charge in [0.15, 0.2) is 0 Å². The topological polar surface area (TPSA) is 71.1 Å². The lowest BCUT2D eigenvalue weighted by Gasteiger charge is -2.23. The zero-order valence-corrected chi connectivity index (χ0v) is 12.3. The van der Waals surface area contributed by atoms with Crippen LogP contribution in [-0.4, -0.2) is 42.2 Å². The first-order valence-corrected chi connectivity index (χ1v) is 7.05. The van der Waals surface area contributed by atoms with E-state index in [0.29, 0.717) is 6.61 Å². The van der Waals surface area contributed by atoms with Crippen LogP contribution in [0.4, 0.5) is 0 Å². The molecule has 0 saturated heterocycles. The molecule has 0 amide bonds. The molecule has 0 spiro atoms. The summed E-state index contributed by atoms with van der Waals surface area (Å²) in [7, 11) is 0. The van der Waals surface area contributed by atoms with Crippen LogP contribution in [0.15, 0.2) is 35.5 Å². The normalized spacial score (nSPS) is 13.4. The Bertz CT molecular complexity index is 395. The predicted octanol–water partition coefficient (Wildman–Crippen LogP) is 2.16. The van der Waals surface area contributed by atoms with Gasteiger partial charge in [0.25, 0.3) is 0 Å². The van der Waals surface area contributed by atoms with Gasteiger partial charge in [0, 0.05) is 19.0 Å². The number of para-hydroxylation sites is 1. The van der Waals surface area contributed by atoms with Crippen molar-refractivity contribution in [3.63, 3.8) is 0 Å². The van der Waals surface area contributed by atoms with Gasteiger partial charge in [-0.25, -0.2) is 0 Å². The van der Waals surface area contributed by atoms with Crippen molar-refractivity contribution in [3.8, 4) is 5.75 Å². The van der Waals surface area contributed by atoms with Gasteiger partial charge in [-0.05, 0) is 25.1 Å². The Morgan fingerprint density at radius 3 is 2.70 bits per heavy atom. The smallest absolute Gasteiger partial charge is 0.143 e. The summed E-state index contributed by atoms with van der Waals surface area (Å²) in [6.45, 7) is 7.42. The summed E-state index contributed by atoms with van der Waals surface area (Å²) in [5, 5.41) is 11.7. The molecule has 0 aliphatic carbocycles. The predicted molar refractivity (Wildman–Crippen MR) is 81.2 cm³/mol. The highest BCUT2D eigenvalue weighted by Crippen LogP contribution is 2.09. The first-order chi connectivity index (χ1) is 9.67. The van der Waals surface area contributed by atoms with E-state index in [-0.39, 0.29) is 11.8 Å². The van der Waals surface area contributed by atoms with Crippen molar-refractivity contribution in [2.45, 2.75) is 20.3 Å². The van der Waals surface area contributed by atoms with Crippen molar-refractivity contribution < 1.29 is 9.94 Å². The van der Waals surface area contributed by atoms with Crippen LogP contribution >= 0.6 is 0 Å². The minimum atomic E-state index is 0.0509. The van der Waals surface area contributed by atoms with Crippen molar-refractivity contribution in [3.05, 3.63) is 30.3 Å². The first kappa shape index (κ1) is 16.3. The van der Waals surface area contributed by atoms with E-state index in [1.165, 1.54) is 0 Å². The largest absolute Gasteiger partial charge is 0.494 e. The van der Waals surface area contributed by atoms with E-state index in [4.69, 9.17) is 15.7 Å². The van der Waals surface area contributed by atoms with Crippen LogP contribution in [0.3, 0.4) is 0 Å². The fourth-order valence-corrected chi connectivity index (χ4v) is 1.95. The molecule has 112 valence electrons. The highest BCUT2D eigenvalue weighted by Gasteiger charge is 2.12. The van der Waals surface area contributed by atoms with Gasteiger partial charge in [-0.15, -0.1) is 0 Å². The van der Waals surface area contributed by atoms with E-state index in [9.17, 15) is 0 Å². The minimum absolute atomic E-state index is 0.0509. The maximum absolute atomic E-state index is 8.66. The van der Waals surface area contributed by atoms with Crippen LogP contribution in [-0.2, 0) is 0 Å². The van der Waals surface area contributed by atoms with Crippen molar-refractivity contribution in [1.29, 1.82) is 0 Å². The lowest BCUT2D eigenvalue weighted by molar-refractivity contribution is 0.230. The number of benzene rings is 1. The molecule has 0 bridgehead atoms. The van der Waals surface area contributed by atoms with E-state index in [2.05, 4.69) is 17.0 Å². The molecule has 20 heavy (non-hydrogen) atoms. The second kappa shape index (κ2) is 9.20. The molecule has 0 radical (unpaired) electrons. The second-order valence-electron chi connectivity index (χ2n) is 4.83. The molecule has 1 aromatic rings. The number of nitrogens with zero attached hydrogens (tertiary/aromatic N) is 2. The zero-order valence-electron chi connectivity index (χ0n) is 12.3. The number of rotatable bonds is 9. The molecule has 0 aliphatic rings. The standard InChI is InChI=1S/C15H25N3O2/c1-3-18(12-13(2)15(16)17-19)10-7-11-20-14-8-5-4-6-9-14/h4-6,8-9,13,19H,3,7,10-12H2,1-2H3,(H2,16,17). The summed E-state index contributed by atoms with van der Waals surface area (Å²) in [6.07, 6.45) is 0.950. The first-order valence-electron chi connectivity index (χ1n) is 7.05. The monoisotopic (exact) mass is 279 g/mol. The maximum atomic E-state index is 8.66. The molecule has 3 N–H and O–H groups in total. The summed E-state index contributed by atoms with van der Waals surface area (Å²) in [5.74, 6) is 1.24. The number of amidine groups is 1. The molecule has 5 nitrogen and oxygen atoms in total. The lowest BCUT2D eigenvalue weighted by atomic mass is 10.1. The summed E-state index contributed by atoms with van der Waals surface area (Å²) in [5.41, 5.74) is 5.60. The number of oxime groups is 1. The van der Waals surface area contributed by atoms with Crippen molar-refractivity contribution in [1.82, 2.24) is 4.90 Å². The molecule has 1 rings (SSSR count). The molecule has 1 unspecified atom stereocenters. The van der Waals surface area contributed by atoms with Crippen LogP contribution in [0.1, 0.15) is 20.3 Å². The lowest BCUT2D eigenvalue weighted by Crippen LogP contribution is -2.35. The van der Waals surface area contributed by atoms with Crippen molar-refractivity contribution in [2.75, 3.05) is 26.2 Å². The number of hydrogen-bond acceptors (Lipinski definition) is 4. The molecule has 1 atom stereocenters. The number of ether oxygens (including phenoxy) is 1. The van der Waals surface area contributed by atoms with Gasteiger partial charge in [0.05, 0.1) is 6.61 Å². The van der Waals surface area contributed by atoms with Gasteiger partial charge in [0.2, 0.25) is 0 Å². The molecule has 0 fully saturated rings. The van der Waals surface area contributed by atoms with Gasteiger partial charge in [-0.2, -0.15) is 0 Å². The second-order valence-corrected chi connectivity index (χ2v) is 4.83. The third-order valence-corrected chi connectivity index (χ3v) is 3.23. The summed E-state index contributed by atoms with van der Waals surface area (Å²) in [4.78, 5) is 2.27. The SMILES string of the molecule is CCN(CCCOc1ccccc1)CC(C)C(N)=NO. The van der Waals surface area contributed by atoms with Crippen LogP contribution in [0.5, 0.6) is 5.75 Å². The van der Waals surface area contributed by atoms with Crippen molar-refractivity contribution >= 4 is 5.84 Å². The Balaban J connectivity index is 2.24. The number of hydrogen-bond donors (Lipinski definition) is 2. The van der Waals surface area contributed by atoms with E-state index >= 15 is 0 Å². The van der Waals surface area contributed by atoms with Crippen LogP contribution in [0, 0.1) is 5.92 Å². The van der Waals surface area contributed by atoms with Crippen LogP contribution in [0.2, 0.25) is 0 Å². The highest BCUT2D eigenvalue weighted by molar-refractivity contribution is 5.82. The fourth-order valence-electron chi connectivity index (χ4n) is 1.95. The fraction of sp³-hybridized carbons (Fsp3) is 0.533. The Hall–Kier alpha value is -1.75. The van der Waals surface area contributed by atoms with Gasteiger partial charge in [-0.3, -0.25) is 0 Å². The number of nitrogens with two attached hydrogens (primary N) is 1. The van der Waals surface area contributed by atoms with Gasteiger partial charge < -0.3 is 20.6 Å². The minimum Gasteiger partial charge on any atom is -0.494 e. The molecular formula is C15H25N3O2. The Kier molecular flexibility index (Phi) is 7.50. The van der Waals surface area contributed by atoms with Gasteiger partial charge in [-0.1, -0.05) is 37.2 Å². The molecule has 0 heterocycles. The molecule has 0 aromatic heterocycles. The molecule has 0 saturated carbocycles. The molecule has 5 heteroatoms. The molecule has 0 aliphatic heterocycles. The van der Waals surface area contributed by atoms with E-state index in [1.54, 1.807) is 0 Å². The van der Waals surface area contributed by atoms with Crippen LogP contribution in [0.25, 0.3) is 0 Å². The summed E-state index contributed by atoms with van der Waals surface area (Å²) >= 11 is 0. The van der Waals surface area contributed by atoms with E-state index in [1.807, 2.05) is 37.3 Å². The van der Waals surface area contributed by atoms with Crippen LogP contribution < -0.4 is 10.5 Å². The summed E-state index contributed by atoms with van der Waals surface area (Å²) in [6, 6.07) is 9.81. The Labute approximate surface area is 121 Å². The maximum Gasteiger partial charge on any atom is 0.143 e. The third kappa shape index (κ3) is 5.93. The van der Waals surface area contributed by atoms with E-state index < -0.39 is 0 Å². The van der Waals surface area contributed by atoms with Crippen molar-refractivity contribution in [2.24, 2.45) is 16.8 Å².